The molecule has 3 rings (SSSR count). The molecule has 25 heavy (non-hydrogen) atoms. The summed E-state index contributed by atoms with van der Waals surface area (Å²) >= 11 is 0. The van der Waals surface area contributed by atoms with Gasteiger partial charge in [-0.25, -0.2) is 8.42 Å². The fraction of sp³-hybridized carbons (Fsp3) is 0.700. The van der Waals surface area contributed by atoms with Crippen LogP contribution in [0, 0.1) is 19.8 Å². The average Bonchev–Trinajstić information content (AvgIpc) is 2.83. The molecule has 0 aromatic heterocycles. The van der Waals surface area contributed by atoms with Crippen molar-refractivity contribution in [3.8, 4) is 0 Å². The number of benzene rings is 1. The Morgan fingerprint density at radius 2 is 1.44 bits per heavy atom. The highest BCUT2D eigenvalue weighted by Gasteiger charge is 2.30. The highest BCUT2D eigenvalue weighted by Crippen LogP contribution is 2.26. The van der Waals surface area contributed by atoms with E-state index in [0.29, 0.717) is 23.9 Å². The van der Waals surface area contributed by atoms with E-state index >= 15 is 0 Å². The molecule has 1 aromatic rings. The predicted molar refractivity (Wildman–Crippen MR) is 102 cm³/mol. The van der Waals surface area contributed by atoms with Crippen LogP contribution >= 0.6 is 0 Å². The van der Waals surface area contributed by atoms with Crippen LogP contribution in [0.3, 0.4) is 0 Å². The van der Waals surface area contributed by atoms with Crippen molar-refractivity contribution < 1.29 is 8.42 Å². The maximum atomic E-state index is 12.9. The summed E-state index contributed by atoms with van der Waals surface area (Å²) in [6.45, 7) is 8.83. The van der Waals surface area contributed by atoms with Gasteiger partial charge in [0.25, 0.3) is 0 Å². The van der Waals surface area contributed by atoms with Gasteiger partial charge in [-0.05, 0) is 81.8 Å². The second-order valence-electron chi connectivity index (χ2n) is 7.89. The SMILES string of the molecule is Cc1cc(C)cc(S(=O)(=O)N2CCC(CN3CCCCCC3)CC2)c1. The van der Waals surface area contributed by atoms with Crippen molar-refractivity contribution in [2.45, 2.75) is 57.3 Å². The lowest BCUT2D eigenvalue weighted by Gasteiger charge is -2.34. The van der Waals surface area contributed by atoms with E-state index in [4.69, 9.17) is 0 Å². The van der Waals surface area contributed by atoms with Gasteiger partial charge in [-0.1, -0.05) is 18.9 Å². The molecule has 2 fully saturated rings. The lowest BCUT2D eigenvalue weighted by Crippen LogP contribution is -2.41. The zero-order valence-electron chi connectivity index (χ0n) is 15.7. The Labute approximate surface area is 153 Å². The minimum atomic E-state index is -3.35. The Morgan fingerprint density at radius 1 is 0.880 bits per heavy atom. The van der Waals surface area contributed by atoms with E-state index in [1.165, 1.54) is 38.8 Å². The third-order valence-corrected chi connectivity index (χ3v) is 7.50. The topological polar surface area (TPSA) is 40.6 Å². The van der Waals surface area contributed by atoms with Crippen LogP contribution in [0.15, 0.2) is 23.1 Å². The average molecular weight is 365 g/mol. The van der Waals surface area contributed by atoms with E-state index < -0.39 is 10.0 Å². The Bertz CT molecular complexity index is 651. The van der Waals surface area contributed by atoms with Crippen molar-refractivity contribution in [2.24, 2.45) is 5.92 Å². The summed E-state index contributed by atoms with van der Waals surface area (Å²) in [6, 6.07) is 5.61. The molecule has 140 valence electrons. The molecule has 2 aliphatic rings. The molecule has 1 aromatic carbocycles. The van der Waals surface area contributed by atoms with Crippen LogP contribution in [-0.4, -0.2) is 50.3 Å². The van der Waals surface area contributed by atoms with E-state index in [0.717, 1.165) is 30.5 Å². The number of nitrogens with zero attached hydrogens (tertiary/aromatic N) is 2. The number of hydrogen-bond donors (Lipinski definition) is 0. The summed E-state index contributed by atoms with van der Waals surface area (Å²) in [6.07, 6.45) is 7.34. The van der Waals surface area contributed by atoms with E-state index in [1.54, 1.807) is 16.4 Å². The van der Waals surface area contributed by atoms with Crippen LogP contribution in [0.2, 0.25) is 0 Å². The Hall–Kier alpha value is -0.910. The van der Waals surface area contributed by atoms with Crippen LogP contribution < -0.4 is 0 Å². The second kappa shape index (κ2) is 8.19. The van der Waals surface area contributed by atoms with Crippen molar-refractivity contribution in [1.82, 2.24) is 9.21 Å². The lowest BCUT2D eigenvalue weighted by molar-refractivity contribution is 0.186. The van der Waals surface area contributed by atoms with Crippen molar-refractivity contribution in [1.29, 1.82) is 0 Å². The van der Waals surface area contributed by atoms with Crippen LogP contribution in [0.5, 0.6) is 0 Å². The van der Waals surface area contributed by atoms with Gasteiger partial charge in [0, 0.05) is 19.6 Å². The van der Waals surface area contributed by atoms with Gasteiger partial charge >= 0.3 is 0 Å². The number of sulfonamides is 1. The first-order valence-corrected chi connectivity index (χ1v) is 11.2. The molecular formula is C20H32N2O2S. The van der Waals surface area contributed by atoms with E-state index in [1.807, 2.05) is 19.9 Å². The molecule has 2 heterocycles. The van der Waals surface area contributed by atoms with E-state index in [2.05, 4.69) is 4.90 Å². The van der Waals surface area contributed by atoms with Gasteiger partial charge in [-0.3, -0.25) is 0 Å². The van der Waals surface area contributed by atoms with E-state index in [9.17, 15) is 8.42 Å². The largest absolute Gasteiger partial charge is 0.303 e. The van der Waals surface area contributed by atoms with Gasteiger partial charge in [-0.2, -0.15) is 4.31 Å². The molecule has 5 heteroatoms. The summed E-state index contributed by atoms with van der Waals surface area (Å²) in [5.41, 5.74) is 2.02. The standard InChI is InChI=1S/C20H32N2O2S/c1-17-13-18(2)15-20(14-17)25(23,24)22-11-7-19(8-12-22)16-21-9-5-3-4-6-10-21/h13-15,19H,3-12,16H2,1-2H3. The van der Waals surface area contributed by atoms with Crippen LogP contribution in [0.1, 0.15) is 49.7 Å². The normalized spacial score (nSPS) is 22.0. The quantitative estimate of drug-likeness (QED) is 0.820. The van der Waals surface area contributed by atoms with Crippen molar-refractivity contribution in [3.05, 3.63) is 29.3 Å². The van der Waals surface area contributed by atoms with Crippen LogP contribution in [0.4, 0.5) is 0 Å². The second-order valence-corrected chi connectivity index (χ2v) is 9.82. The first-order valence-electron chi connectivity index (χ1n) is 9.76. The molecule has 0 bridgehead atoms. The molecule has 0 amide bonds. The molecule has 0 atom stereocenters. The van der Waals surface area contributed by atoms with Crippen LogP contribution in [-0.2, 0) is 10.0 Å². The van der Waals surface area contributed by atoms with Crippen LogP contribution in [0.25, 0.3) is 0 Å². The maximum absolute atomic E-state index is 12.9. The molecule has 0 saturated carbocycles. The van der Waals surface area contributed by atoms with Gasteiger partial charge in [0.05, 0.1) is 4.90 Å². The smallest absolute Gasteiger partial charge is 0.243 e. The monoisotopic (exact) mass is 364 g/mol. The maximum Gasteiger partial charge on any atom is 0.243 e. The molecule has 0 radical (unpaired) electrons. The summed E-state index contributed by atoms with van der Waals surface area (Å²) in [5, 5.41) is 0. The van der Waals surface area contributed by atoms with E-state index in [-0.39, 0.29) is 0 Å². The first-order chi connectivity index (χ1) is 11.9. The highest BCUT2D eigenvalue weighted by atomic mass is 32.2. The predicted octanol–water partition coefficient (Wildman–Crippen LogP) is 3.58. The summed E-state index contributed by atoms with van der Waals surface area (Å²) in [5.74, 6) is 0.642. The van der Waals surface area contributed by atoms with Gasteiger partial charge < -0.3 is 4.90 Å². The fourth-order valence-electron chi connectivity index (χ4n) is 4.25. The Kier molecular flexibility index (Phi) is 6.18. The van der Waals surface area contributed by atoms with Gasteiger partial charge in [-0.15, -0.1) is 0 Å². The zero-order valence-corrected chi connectivity index (χ0v) is 16.5. The molecule has 0 unspecified atom stereocenters. The fourth-order valence-corrected chi connectivity index (χ4v) is 5.91. The first kappa shape index (κ1) is 18.9. The molecule has 2 aliphatic heterocycles. The number of piperidine rings is 1. The minimum absolute atomic E-state index is 0.455. The number of hydrogen-bond acceptors (Lipinski definition) is 3. The lowest BCUT2D eigenvalue weighted by atomic mass is 9.97. The highest BCUT2D eigenvalue weighted by molar-refractivity contribution is 7.89. The van der Waals surface area contributed by atoms with Gasteiger partial charge in [0.15, 0.2) is 0 Å². The zero-order chi connectivity index (χ0) is 17.9. The Morgan fingerprint density at radius 3 is 2.00 bits per heavy atom. The van der Waals surface area contributed by atoms with Crippen molar-refractivity contribution >= 4 is 10.0 Å². The molecule has 2 saturated heterocycles. The van der Waals surface area contributed by atoms with Gasteiger partial charge in [0.1, 0.15) is 0 Å². The number of aryl methyl sites for hydroxylation is 2. The third-order valence-electron chi connectivity index (χ3n) is 5.62. The van der Waals surface area contributed by atoms with Gasteiger partial charge in [0.2, 0.25) is 10.0 Å². The molecular weight excluding hydrogens is 332 g/mol. The summed E-state index contributed by atoms with van der Waals surface area (Å²) in [4.78, 5) is 3.06. The van der Waals surface area contributed by atoms with Crippen molar-refractivity contribution in [3.63, 3.8) is 0 Å². The molecule has 0 spiro atoms. The Balaban J connectivity index is 1.59. The molecule has 0 N–H and O–H groups in total. The summed E-state index contributed by atoms with van der Waals surface area (Å²) < 4.78 is 27.6. The minimum Gasteiger partial charge on any atom is -0.303 e. The number of rotatable bonds is 4. The molecule has 0 aliphatic carbocycles. The van der Waals surface area contributed by atoms with Crippen molar-refractivity contribution in [2.75, 3.05) is 32.7 Å². The number of likely N-dealkylation sites (tertiary alicyclic amines) is 1. The third kappa shape index (κ3) is 4.83. The molecule has 4 nitrogen and oxygen atoms in total. The summed E-state index contributed by atoms with van der Waals surface area (Å²) in [7, 11) is -3.35.